The van der Waals surface area contributed by atoms with E-state index in [1.807, 2.05) is 39.0 Å². The van der Waals surface area contributed by atoms with Gasteiger partial charge in [0, 0.05) is 51.4 Å². The number of carboxylic acids is 3. The van der Waals surface area contributed by atoms with Crippen LogP contribution in [0.25, 0.3) is 32.7 Å². The van der Waals surface area contributed by atoms with E-state index in [1.165, 1.54) is 55.0 Å². The molecule has 0 unspecified atom stereocenters. The first-order valence-corrected chi connectivity index (χ1v) is 13.9. The first-order valence-electron chi connectivity index (χ1n) is 13.9. The van der Waals surface area contributed by atoms with Crippen LogP contribution >= 0.6 is 0 Å². The fourth-order valence-corrected chi connectivity index (χ4v) is 5.07. The van der Waals surface area contributed by atoms with Crippen LogP contribution in [0.15, 0.2) is 73.2 Å². The Balaban J connectivity index is 0.000000197. The molecule has 6 aromatic rings. The molecule has 0 aliphatic carbocycles. The number of aryl methyl sites for hydroxylation is 3. The number of nitriles is 3. The monoisotopic (exact) mass is 660 g/mol. The average Bonchev–Trinajstić information content (AvgIpc) is 3.07. The third kappa shape index (κ3) is 7.49. The molecule has 0 saturated heterocycles. The van der Waals surface area contributed by atoms with E-state index in [2.05, 4.69) is 15.0 Å². The molecule has 3 aromatic heterocycles. The quantitative estimate of drug-likeness (QED) is 0.248. The van der Waals surface area contributed by atoms with Crippen LogP contribution in [-0.2, 0) is 0 Å². The Bertz CT molecular complexity index is 2160. The van der Waals surface area contributed by atoms with Crippen LogP contribution in [0.3, 0.4) is 0 Å². The Morgan fingerprint density at radius 2 is 0.735 bits per heavy atom. The van der Waals surface area contributed by atoms with Crippen LogP contribution in [0.4, 0.5) is 0 Å². The van der Waals surface area contributed by atoms with Crippen LogP contribution in [-0.4, -0.2) is 50.2 Å². The molecule has 0 N–H and O–H groups in total. The summed E-state index contributed by atoms with van der Waals surface area (Å²) in [7, 11) is 0. The number of hydrogen-bond acceptors (Lipinski definition) is 12. The van der Waals surface area contributed by atoms with Crippen LogP contribution in [0.2, 0.25) is 0 Å². The zero-order valence-electron chi connectivity index (χ0n) is 26.1. The zero-order valence-corrected chi connectivity index (χ0v) is 27.3. The van der Waals surface area contributed by atoms with E-state index in [9.17, 15) is 29.7 Å². The van der Waals surface area contributed by atoms with Gasteiger partial charge in [0.25, 0.3) is 0 Å². The second-order valence-corrected chi connectivity index (χ2v) is 10.2. The fourth-order valence-electron chi connectivity index (χ4n) is 5.07. The molecule has 234 valence electrons. The second kappa shape index (κ2) is 15.7. The van der Waals surface area contributed by atoms with Gasteiger partial charge in [-0.25, -0.2) is 0 Å². The van der Waals surface area contributed by atoms with Crippen LogP contribution in [0, 0.1) is 54.8 Å². The number of nitrogens with zero attached hydrogens (tertiary/aromatic N) is 6. The maximum atomic E-state index is 10.9. The molecule has 0 fully saturated rings. The van der Waals surface area contributed by atoms with Crippen LogP contribution < -0.4 is 15.3 Å². The van der Waals surface area contributed by atoms with Gasteiger partial charge in [-0.05, 0) is 92.1 Å². The molecule has 12 nitrogen and oxygen atoms in total. The molecule has 0 saturated carbocycles. The molecule has 3 heterocycles. The van der Waals surface area contributed by atoms with Gasteiger partial charge in [0.15, 0.2) is 0 Å². The van der Waals surface area contributed by atoms with Gasteiger partial charge in [-0.1, -0.05) is 0 Å². The van der Waals surface area contributed by atoms with Gasteiger partial charge < -0.3 is 29.7 Å². The topological polar surface area (TPSA) is 230 Å². The van der Waals surface area contributed by atoms with Crippen molar-refractivity contribution in [2.75, 3.05) is 0 Å². The van der Waals surface area contributed by atoms with Crippen LogP contribution in [0.5, 0.6) is 0 Å². The number of benzene rings is 3. The van der Waals surface area contributed by atoms with Gasteiger partial charge in [-0.3, -0.25) is 15.0 Å². The molecule has 6 rings (SSSR count). The van der Waals surface area contributed by atoms with Gasteiger partial charge in [-0.2, -0.15) is 15.8 Å². The number of carboxylic acid groups (broad SMARTS) is 3. The summed E-state index contributed by atoms with van der Waals surface area (Å²) in [6, 6.07) is 19.8. The van der Waals surface area contributed by atoms with Crippen molar-refractivity contribution in [1.29, 1.82) is 15.8 Å². The minimum atomic E-state index is -1.28. The summed E-state index contributed by atoms with van der Waals surface area (Å²) >= 11 is 0. The molecule has 3 aromatic carbocycles. The van der Waals surface area contributed by atoms with E-state index >= 15 is 0 Å². The first kappa shape index (κ1) is 36.8. The SMILES string of the molecule is Cc1ccnc2c(C(=O)[O-])ccc(C#N)c12.Cc1ccnc2c(C(=O)[O-])ccc(C#N)c12.Cc1ccnc2c(C(=O)[O-])ccc(C#N)c12.[Al+3]. The Hall–Kier alpha value is -6.70. The molecule has 13 heteroatoms. The summed E-state index contributed by atoms with van der Waals surface area (Å²) in [5.74, 6) is -3.85. The molecule has 0 atom stereocenters. The summed E-state index contributed by atoms with van der Waals surface area (Å²) < 4.78 is 0. The zero-order chi connectivity index (χ0) is 35.1. The summed E-state index contributed by atoms with van der Waals surface area (Å²) in [6.45, 7) is 5.43. The number of carbonyl (C=O) groups excluding carboxylic acids is 3. The summed E-state index contributed by atoms with van der Waals surface area (Å²) in [5.41, 5.74) is 4.69. The molecular formula is C36H21AlN6O6. The molecule has 0 aliphatic rings. The predicted octanol–water partition coefficient (Wildman–Crippen LogP) is 1.95. The number of carbonyl (C=O) groups is 3. The third-order valence-electron chi connectivity index (χ3n) is 7.32. The fraction of sp³-hybridized carbons (Fsp3) is 0.0833. The number of aromatic carboxylic acids is 3. The molecule has 49 heavy (non-hydrogen) atoms. The van der Waals surface area contributed by atoms with Crippen LogP contribution in [0.1, 0.15) is 64.5 Å². The molecule has 0 radical (unpaired) electrons. The Morgan fingerprint density at radius 3 is 0.939 bits per heavy atom. The minimum absolute atomic E-state index is 0. The normalized spacial score (nSPS) is 9.80. The van der Waals surface area contributed by atoms with Crippen molar-refractivity contribution < 1.29 is 29.7 Å². The van der Waals surface area contributed by atoms with E-state index in [4.69, 9.17) is 15.8 Å². The first-order chi connectivity index (χ1) is 22.9. The van der Waals surface area contributed by atoms with E-state index in [1.54, 1.807) is 18.2 Å². The van der Waals surface area contributed by atoms with Crippen molar-refractivity contribution in [3.63, 3.8) is 0 Å². The van der Waals surface area contributed by atoms with Crippen molar-refractivity contribution in [2.24, 2.45) is 0 Å². The van der Waals surface area contributed by atoms with Gasteiger partial charge in [0.05, 0.1) is 69.4 Å². The second-order valence-electron chi connectivity index (χ2n) is 10.2. The number of hydrogen-bond donors (Lipinski definition) is 0. The van der Waals surface area contributed by atoms with E-state index in [0.717, 1.165) is 16.7 Å². The molecule has 0 bridgehead atoms. The number of rotatable bonds is 3. The number of fused-ring (bicyclic) bond motifs is 3. The van der Waals surface area contributed by atoms with E-state index in [-0.39, 0.29) is 34.1 Å². The minimum Gasteiger partial charge on any atom is -0.545 e. The third-order valence-corrected chi connectivity index (χ3v) is 7.32. The van der Waals surface area contributed by atoms with Crippen molar-refractivity contribution in [2.45, 2.75) is 20.8 Å². The largest absolute Gasteiger partial charge is 3.00 e. The molecule has 0 amide bonds. The standard InChI is InChI=1S/3C12H8N2O2.Al/c3*1-7-4-5-14-11-9(12(15)16)3-2-8(6-13)10(7)11;/h3*2-5H,1H3,(H,15,16);/q;;;+3/p-3. The number of pyridine rings is 3. The average molecular weight is 661 g/mol. The van der Waals surface area contributed by atoms with E-state index in [0.29, 0.717) is 49.4 Å². The van der Waals surface area contributed by atoms with E-state index < -0.39 is 17.9 Å². The van der Waals surface area contributed by atoms with Crippen molar-refractivity contribution in [3.05, 3.63) is 123 Å². The smallest absolute Gasteiger partial charge is 0.545 e. The Kier molecular flexibility index (Phi) is 11.8. The van der Waals surface area contributed by atoms with Gasteiger partial charge in [0.2, 0.25) is 0 Å². The van der Waals surface area contributed by atoms with Crippen molar-refractivity contribution in [3.8, 4) is 18.2 Å². The van der Waals surface area contributed by atoms with Crippen molar-refractivity contribution in [1.82, 2.24) is 15.0 Å². The Labute approximate surface area is 289 Å². The van der Waals surface area contributed by atoms with Gasteiger partial charge in [0.1, 0.15) is 0 Å². The summed E-state index contributed by atoms with van der Waals surface area (Å²) in [6.07, 6.45) is 4.56. The maximum Gasteiger partial charge on any atom is 3.00 e. The summed E-state index contributed by atoms with van der Waals surface area (Å²) in [5, 5.41) is 61.2. The van der Waals surface area contributed by atoms with Gasteiger partial charge >= 0.3 is 17.4 Å². The summed E-state index contributed by atoms with van der Waals surface area (Å²) in [4.78, 5) is 44.7. The molecule has 0 spiro atoms. The predicted molar refractivity (Wildman–Crippen MR) is 172 cm³/mol. The molecule has 0 aliphatic heterocycles. The maximum absolute atomic E-state index is 10.9. The van der Waals surface area contributed by atoms with Gasteiger partial charge in [-0.15, -0.1) is 0 Å². The number of aromatic nitrogens is 3. The van der Waals surface area contributed by atoms with Crippen molar-refractivity contribution >= 4 is 68.0 Å². The molecular weight excluding hydrogens is 639 g/mol. The Morgan fingerprint density at radius 1 is 0.490 bits per heavy atom.